The molecule has 0 aliphatic heterocycles. The van der Waals surface area contributed by atoms with Crippen molar-refractivity contribution in [3.05, 3.63) is 71.8 Å². The van der Waals surface area contributed by atoms with Gasteiger partial charge in [0.25, 0.3) is 0 Å². The van der Waals surface area contributed by atoms with Crippen LogP contribution in [0.3, 0.4) is 0 Å². The van der Waals surface area contributed by atoms with Crippen molar-refractivity contribution in [3.63, 3.8) is 0 Å². The number of benzene rings is 2. The van der Waals surface area contributed by atoms with Crippen LogP contribution in [0.25, 0.3) is 0 Å². The van der Waals surface area contributed by atoms with Gasteiger partial charge in [-0.15, -0.1) is 0 Å². The van der Waals surface area contributed by atoms with E-state index in [1.807, 2.05) is 60.7 Å². The average molecular weight is 391 g/mol. The van der Waals surface area contributed by atoms with Crippen LogP contribution in [0.2, 0.25) is 0 Å². The Bertz CT molecular complexity index is 709. The second-order valence-electron chi connectivity index (χ2n) is 6.70. The Morgan fingerprint density at radius 2 is 1.39 bits per heavy atom. The van der Waals surface area contributed by atoms with E-state index in [9.17, 15) is 14.7 Å². The van der Waals surface area contributed by atoms with Gasteiger partial charge in [0.15, 0.2) is 0 Å². The predicted octanol–water partition coefficient (Wildman–Crippen LogP) is -1.65. The minimum absolute atomic E-state index is 0. The summed E-state index contributed by atoms with van der Waals surface area (Å²) in [4.78, 5) is 24.3. The molecule has 0 aliphatic rings. The van der Waals surface area contributed by atoms with Gasteiger partial charge < -0.3 is 20.3 Å². The Hall–Kier alpha value is -1.66. The first kappa shape index (κ1) is 24.4. The second-order valence-corrected chi connectivity index (χ2v) is 6.70. The van der Waals surface area contributed by atoms with Crippen LogP contribution in [-0.4, -0.2) is 30.1 Å². The van der Waals surface area contributed by atoms with E-state index in [-0.39, 0.29) is 48.5 Å². The molecule has 5 nitrogen and oxygen atoms in total. The molecule has 0 radical (unpaired) electrons. The molecule has 0 saturated heterocycles. The summed E-state index contributed by atoms with van der Waals surface area (Å²) in [6, 6.07) is 18.9. The molecule has 144 valence electrons. The van der Waals surface area contributed by atoms with Crippen molar-refractivity contribution in [1.29, 1.82) is 0 Å². The van der Waals surface area contributed by atoms with Crippen LogP contribution in [0, 0.1) is 11.8 Å². The molecule has 0 aromatic heterocycles. The third-order valence-corrected chi connectivity index (χ3v) is 4.56. The van der Waals surface area contributed by atoms with E-state index < -0.39 is 17.8 Å². The maximum atomic E-state index is 12.6. The minimum atomic E-state index is -1.14. The molecular formula is C22H26NNaO4. The number of aliphatic hydroxyl groups is 1. The van der Waals surface area contributed by atoms with Gasteiger partial charge in [-0.1, -0.05) is 60.7 Å². The summed E-state index contributed by atoms with van der Waals surface area (Å²) in [6.45, 7) is 0.370. The summed E-state index contributed by atoms with van der Waals surface area (Å²) in [5.41, 5.74) is 1.89. The summed E-state index contributed by atoms with van der Waals surface area (Å²) >= 11 is 0. The van der Waals surface area contributed by atoms with Crippen LogP contribution in [0.15, 0.2) is 60.7 Å². The van der Waals surface area contributed by atoms with Gasteiger partial charge in [-0.25, -0.2) is 0 Å². The second kappa shape index (κ2) is 13.5. The number of carbonyl (C=O) groups is 2. The van der Waals surface area contributed by atoms with E-state index in [1.54, 1.807) is 0 Å². The molecule has 1 amide bonds. The first-order valence-corrected chi connectivity index (χ1v) is 9.27. The molecule has 2 atom stereocenters. The van der Waals surface area contributed by atoms with Crippen LogP contribution in [0.1, 0.15) is 24.0 Å². The molecule has 0 saturated carbocycles. The zero-order chi connectivity index (χ0) is 19.5. The standard InChI is InChI=1S/C22H27NO4.Na/c24-13-7-12-23-21(25)19(14-17-8-3-1-4-9-17)16-20(22(26)27)15-18-10-5-2-6-11-18;/h1-6,8-11,19-20,24H,7,12-16H2,(H,23,25)(H,26,27);/q;+1/p-1. The summed E-state index contributed by atoms with van der Waals surface area (Å²) in [7, 11) is 0. The van der Waals surface area contributed by atoms with Crippen molar-refractivity contribution in [2.24, 2.45) is 11.8 Å². The minimum Gasteiger partial charge on any atom is -0.550 e. The number of aliphatic carboxylic acids is 1. The molecule has 2 unspecified atom stereocenters. The molecule has 0 bridgehead atoms. The number of rotatable bonds is 11. The fourth-order valence-corrected chi connectivity index (χ4v) is 3.12. The van der Waals surface area contributed by atoms with Crippen LogP contribution < -0.4 is 40.0 Å². The largest absolute Gasteiger partial charge is 1.00 e. The van der Waals surface area contributed by atoms with Gasteiger partial charge in [-0.05, 0) is 36.8 Å². The zero-order valence-electron chi connectivity index (χ0n) is 16.3. The maximum absolute atomic E-state index is 12.6. The Morgan fingerprint density at radius 1 is 0.893 bits per heavy atom. The van der Waals surface area contributed by atoms with Gasteiger partial charge in [0.05, 0.1) is 0 Å². The number of hydrogen-bond donors (Lipinski definition) is 2. The number of carboxylic acid groups (broad SMARTS) is 1. The Balaban J connectivity index is 0.00000392. The Morgan fingerprint density at radius 3 is 1.86 bits per heavy atom. The predicted molar refractivity (Wildman–Crippen MR) is 102 cm³/mol. The quantitative estimate of drug-likeness (QED) is 0.355. The monoisotopic (exact) mass is 391 g/mol. The fourth-order valence-electron chi connectivity index (χ4n) is 3.12. The van der Waals surface area contributed by atoms with Crippen molar-refractivity contribution < 1.29 is 49.4 Å². The topological polar surface area (TPSA) is 89.5 Å². The maximum Gasteiger partial charge on any atom is 1.00 e. The van der Waals surface area contributed by atoms with E-state index in [0.29, 0.717) is 25.8 Å². The SMILES string of the molecule is O=C([O-])C(Cc1ccccc1)CC(Cc1ccccc1)C(=O)NCCCO.[Na+]. The Kier molecular flexibility index (Phi) is 11.8. The number of amides is 1. The van der Waals surface area contributed by atoms with E-state index in [0.717, 1.165) is 11.1 Å². The van der Waals surface area contributed by atoms with Crippen molar-refractivity contribution in [1.82, 2.24) is 5.32 Å². The summed E-state index contributed by atoms with van der Waals surface area (Å²) < 4.78 is 0. The van der Waals surface area contributed by atoms with Crippen molar-refractivity contribution in [2.45, 2.75) is 25.7 Å². The molecule has 6 heteroatoms. The third kappa shape index (κ3) is 8.57. The molecule has 0 spiro atoms. The summed E-state index contributed by atoms with van der Waals surface area (Å²) in [5.74, 6) is -2.55. The van der Waals surface area contributed by atoms with Gasteiger partial charge in [0.2, 0.25) is 5.91 Å². The van der Waals surface area contributed by atoms with Gasteiger partial charge >= 0.3 is 29.6 Å². The first-order chi connectivity index (χ1) is 13.1. The van der Waals surface area contributed by atoms with Gasteiger partial charge in [-0.3, -0.25) is 4.79 Å². The number of carbonyl (C=O) groups excluding carboxylic acids is 2. The molecule has 2 N–H and O–H groups in total. The molecular weight excluding hydrogens is 365 g/mol. The van der Waals surface area contributed by atoms with Crippen LogP contribution in [0.4, 0.5) is 0 Å². The van der Waals surface area contributed by atoms with E-state index in [2.05, 4.69) is 5.32 Å². The van der Waals surface area contributed by atoms with Crippen LogP contribution in [-0.2, 0) is 22.4 Å². The van der Waals surface area contributed by atoms with Crippen molar-refractivity contribution in [3.8, 4) is 0 Å². The number of carboxylic acids is 1. The van der Waals surface area contributed by atoms with Gasteiger partial charge in [-0.2, -0.15) is 0 Å². The zero-order valence-corrected chi connectivity index (χ0v) is 18.3. The van der Waals surface area contributed by atoms with Crippen LogP contribution in [0.5, 0.6) is 0 Å². The first-order valence-electron chi connectivity index (χ1n) is 9.27. The molecule has 2 rings (SSSR count). The van der Waals surface area contributed by atoms with E-state index >= 15 is 0 Å². The molecule has 0 fully saturated rings. The smallest absolute Gasteiger partial charge is 0.550 e. The van der Waals surface area contributed by atoms with Gasteiger partial charge in [0, 0.05) is 31.0 Å². The van der Waals surface area contributed by atoms with E-state index in [1.165, 1.54) is 0 Å². The van der Waals surface area contributed by atoms with Crippen molar-refractivity contribution >= 4 is 11.9 Å². The molecule has 2 aromatic rings. The molecule has 2 aromatic carbocycles. The van der Waals surface area contributed by atoms with Gasteiger partial charge in [0.1, 0.15) is 0 Å². The third-order valence-electron chi connectivity index (χ3n) is 4.56. The summed E-state index contributed by atoms with van der Waals surface area (Å²) in [5, 5.41) is 23.4. The van der Waals surface area contributed by atoms with Crippen molar-refractivity contribution in [2.75, 3.05) is 13.2 Å². The average Bonchev–Trinajstić information content (AvgIpc) is 2.68. The molecule has 0 heterocycles. The fraction of sp³-hybridized carbons (Fsp3) is 0.364. The normalized spacial score (nSPS) is 12.5. The number of hydrogen-bond acceptors (Lipinski definition) is 4. The van der Waals surface area contributed by atoms with E-state index in [4.69, 9.17) is 5.11 Å². The summed E-state index contributed by atoms with van der Waals surface area (Å²) in [6.07, 6.45) is 1.47. The molecule has 0 aliphatic carbocycles. The van der Waals surface area contributed by atoms with Crippen LogP contribution >= 0.6 is 0 Å². The molecule has 28 heavy (non-hydrogen) atoms. The Labute approximate surface area is 188 Å². The number of aliphatic hydroxyl groups excluding tert-OH is 1. The number of nitrogens with one attached hydrogen (secondary N) is 1.